The summed E-state index contributed by atoms with van der Waals surface area (Å²) in [6, 6.07) is 7.73. The van der Waals surface area contributed by atoms with Crippen molar-refractivity contribution in [2.75, 3.05) is 33.5 Å². The number of ether oxygens (including phenoxy) is 4. The molecule has 106 valence electrons. The molecular formula is C14H19BrO4. The summed E-state index contributed by atoms with van der Waals surface area (Å²) in [7, 11) is 1.66. The van der Waals surface area contributed by atoms with Crippen LogP contribution in [0.2, 0.25) is 0 Å². The van der Waals surface area contributed by atoms with Gasteiger partial charge in [-0.15, -0.1) is 0 Å². The van der Waals surface area contributed by atoms with Gasteiger partial charge in [-0.25, -0.2) is 0 Å². The van der Waals surface area contributed by atoms with Crippen LogP contribution in [-0.2, 0) is 14.2 Å². The first-order chi connectivity index (χ1) is 9.11. The first kappa shape index (κ1) is 14.8. The first-order valence-electron chi connectivity index (χ1n) is 6.24. The van der Waals surface area contributed by atoms with Gasteiger partial charge in [0.2, 0.25) is 0 Å². The summed E-state index contributed by atoms with van der Waals surface area (Å²) in [6.45, 7) is 4.08. The molecule has 1 aliphatic heterocycles. The van der Waals surface area contributed by atoms with Crippen molar-refractivity contribution >= 4 is 15.9 Å². The van der Waals surface area contributed by atoms with E-state index in [4.69, 9.17) is 18.9 Å². The third-order valence-electron chi connectivity index (χ3n) is 2.86. The summed E-state index contributed by atoms with van der Waals surface area (Å²) in [5, 5.41) is 0. The van der Waals surface area contributed by atoms with E-state index in [1.54, 1.807) is 7.11 Å². The van der Waals surface area contributed by atoms with Gasteiger partial charge in [-0.3, -0.25) is 0 Å². The van der Waals surface area contributed by atoms with Crippen LogP contribution in [0.5, 0.6) is 5.75 Å². The van der Waals surface area contributed by atoms with Crippen LogP contribution in [0.4, 0.5) is 0 Å². The van der Waals surface area contributed by atoms with Crippen molar-refractivity contribution in [3.05, 3.63) is 28.7 Å². The molecule has 1 saturated heterocycles. The van der Waals surface area contributed by atoms with Crippen LogP contribution in [0.25, 0.3) is 0 Å². The van der Waals surface area contributed by atoms with Gasteiger partial charge in [-0.1, -0.05) is 15.9 Å². The Hall–Kier alpha value is -0.620. The van der Waals surface area contributed by atoms with E-state index in [-0.39, 0.29) is 11.7 Å². The first-order valence-corrected chi connectivity index (χ1v) is 7.03. The number of hydrogen-bond acceptors (Lipinski definition) is 4. The van der Waals surface area contributed by atoms with E-state index >= 15 is 0 Å². The maximum atomic E-state index is 5.98. The van der Waals surface area contributed by atoms with E-state index in [1.165, 1.54) is 0 Å². The molecule has 1 aromatic rings. The highest BCUT2D eigenvalue weighted by atomic mass is 79.9. The van der Waals surface area contributed by atoms with Crippen molar-refractivity contribution in [2.45, 2.75) is 18.6 Å². The molecule has 1 fully saturated rings. The van der Waals surface area contributed by atoms with Gasteiger partial charge < -0.3 is 18.9 Å². The highest BCUT2D eigenvalue weighted by Crippen LogP contribution is 2.21. The lowest BCUT2D eigenvalue weighted by atomic mass is 10.1. The summed E-state index contributed by atoms with van der Waals surface area (Å²) in [4.78, 5) is 0. The molecule has 0 amide bonds. The van der Waals surface area contributed by atoms with Crippen LogP contribution >= 0.6 is 15.9 Å². The Kier molecular flexibility index (Phi) is 5.21. The molecule has 0 unspecified atom stereocenters. The van der Waals surface area contributed by atoms with Crippen molar-refractivity contribution in [3.63, 3.8) is 0 Å². The van der Waals surface area contributed by atoms with E-state index in [1.807, 2.05) is 31.2 Å². The van der Waals surface area contributed by atoms with Crippen molar-refractivity contribution in [2.24, 2.45) is 0 Å². The van der Waals surface area contributed by atoms with Crippen molar-refractivity contribution in [1.82, 2.24) is 0 Å². The Morgan fingerprint density at radius 1 is 1.37 bits per heavy atom. The molecule has 2 rings (SSSR count). The summed E-state index contributed by atoms with van der Waals surface area (Å²) >= 11 is 3.39. The zero-order valence-electron chi connectivity index (χ0n) is 11.2. The largest absolute Gasteiger partial charge is 0.491 e. The number of halogens is 1. The Bertz CT molecular complexity index is 391. The van der Waals surface area contributed by atoms with Gasteiger partial charge in [0.15, 0.2) is 0 Å². The lowest BCUT2D eigenvalue weighted by molar-refractivity contribution is -0.213. The lowest BCUT2D eigenvalue weighted by Gasteiger charge is -2.37. The quantitative estimate of drug-likeness (QED) is 0.831. The second-order valence-electron chi connectivity index (χ2n) is 4.90. The van der Waals surface area contributed by atoms with E-state index in [0.717, 1.165) is 10.2 Å². The molecule has 1 aliphatic rings. The molecular weight excluding hydrogens is 312 g/mol. The minimum absolute atomic E-state index is 0.0717. The molecule has 0 aliphatic carbocycles. The van der Waals surface area contributed by atoms with Gasteiger partial charge in [-0.2, -0.15) is 0 Å². The zero-order valence-corrected chi connectivity index (χ0v) is 12.8. The monoisotopic (exact) mass is 330 g/mol. The number of rotatable bonds is 5. The second-order valence-corrected chi connectivity index (χ2v) is 5.82. The normalized spacial score (nSPS) is 27.2. The van der Waals surface area contributed by atoms with E-state index < -0.39 is 0 Å². The van der Waals surface area contributed by atoms with Crippen LogP contribution in [0.15, 0.2) is 28.7 Å². The minimum atomic E-state index is -0.388. The molecule has 4 nitrogen and oxygen atoms in total. The van der Waals surface area contributed by atoms with Crippen molar-refractivity contribution in [3.8, 4) is 5.75 Å². The topological polar surface area (TPSA) is 36.9 Å². The Labute approximate surface area is 122 Å². The molecule has 2 atom stereocenters. The third kappa shape index (κ3) is 4.45. The SMILES string of the molecule is COC[C@@]1(C)COC[C@@H](COc2ccc(Br)cc2)O1. The number of benzene rings is 1. The van der Waals surface area contributed by atoms with Crippen LogP contribution in [0.1, 0.15) is 6.92 Å². The van der Waals surface area contributed by atoms with Crippen molar-refractivity contribution in [1.29, 1.82) is 0 Å². The van der Waals surface area contributed by atoms with E-state index in [9.17, 15) is 0 Å². The van der Waals surface area contributed by atoms with Gasteiger partial charge >= 0.3 is 0 Å². The second kappa shape index (κ2) is 6.70. The fraction of sp³-hybridized carbons (Fsp3) is 0.571. The average Bonchev–Trinajstić information content (AvgIpc) is 2.38. The van der Waals surface area contributed by atoms with Gasteiger partial charge in [0.1, 0.15) is 24.1 Å². The highest BCUT2D eigenvalue weighted by molar-refractivity contribution is 9.10. The molecule has 0 saturated carbocycles. The van der Waals surface area contributed by atoms with Crippen molar-refractivity contribution < 1.29 is 18.9 Å². The molecule has 1 aromatic carbocycles. The summed E-state index contributed by atoms with van der Waals surface area (Å²) < 4.78 is 23.4. The third-order valence-corrected chi connectivity index (χ3v) is 3.39. The Balaban J connectivity index is 1.84. The zero-order chi connectivity index (χ0) is 13.7. The van der Waals surface area contributed by atoms with Crippen LogP contribution in [0, 0.1) is 0 Å². The smallest absolute Gasteiger partial charge is 0.119 e. The van der Waals surface area contributed by atoms with Crippen LogP contribution in [0.3, 0.4) is 0 Å². The summed E-state index contributed by atoms with van der Waals surface area (Å²) in [5.41, 5.74) is -0.388. The molecule has 0 bridgehead atoms. The summed E-state index contributed by atoms with van der Waals surface area (Å²) in [5.74, 6) is 0.825. The lowest BCUT2D eigenvalue weighted by Crippen LogP contribution is -2.50. The molecule has 0 spiro atoms. The van der Waals surface area contributed by atoms with E-state index in [2.05, 4.69) is 15.9 Å². The maximum Gasteiger partial charge on any atom is 0.119 e. The molecule has 1 heterocycles. The fourth-order valence-electron chi connectivity index (χ4n) is 2.06. The summed E-state index contributed by atoms with van der Waals surface area (Å²) in [6.07, 6.45) is -0.0717. The van der Waals surface area contributed by atoms with Gasteiger partial charge in [-0.05, 0) is 31.2 Å². The Morgan fingerprint density at radius 3 is 2.79 bits per heavy atom. The highest BCUT2D eigenvalue weighted by Gasteiger charge is 2.34. The molecule has 19 heavy (non-hydrogen) atoms. The Morgan fingerprint density at radius 2 is 2.11 bits per heavy atom. The van der Waals surface area contributed by atoms with Gasteiger partial charge in [0.05, 0.1) is 19.8 Å². The molecule has 0 aromatic heterocycles. The van der Waals surface area contributed by atoms with Crippen LogP contribution in [-0.4, -0.2) is 45.2 Å². The maximum absolute atomic E-state index is 5.98. The predicted molar refractivity (Wildman–Crippen MR) is 75.6 cm³/mol. The van der Waals surface area contributed by atoms with E-state index in [0.29, 0.717) is 26.4 Å². The average molecular weight is 331 g/mol. The standard InChI is InChI=1S/C14H19BrO4/c1-14(9-16-2)10-17-7-13(19-14)8-18-12-5-3-11(15)4-6-12/h3-6,13H,7-10H2,1-2H3/t13-,14-/m0/s1. The minimum Gasteiger partial charge on any atom is -0.491 e. The molecule has 0 radical (unpaired) electrons. The number of hydrogen-bond donors (Lipinski definition) is 0. The van der Waals surface area contributed by atoms with Crippen LogP contribution < -0.4 is 4.74 Å². The molecule has 0 N–H and O–H groups in total. The van der Waals surface area contributed by atoms with Gasteiger partial charge in [0.25, 0.3) is 0 Å². The van der Waals surface area contributed by atoms with Gasteiger partial charge in [0, 0.05) is 11.6 Å². The number of methoxy groups -OCH3 is 1. The predicted octanol–water partition coefficient (Wildman–Crippen LogP) is 2.65. The molecule has 5 heteroatoms. The fourth-order valence-corrected chi connectivity index (χ4v) is 2.32.